The van der Waals surface area contributed by atoms with E-state index < -0.39 is 0 Å². The van der Waals surface area contributed by atoms with Gasteiger partial charge in [-0.2, -0.15) is 0 Å². The number of carbonyl (C=O) groups is 2. The van der Waals surface area contributed by atoms with Crippen LogP contribution in [0.15, 0.2) is 0 Å². The van der Waals surface area contributed by atoms with E-state index in [2.05, 4.69) is 0 Å². The van der Waals surface area contributed by atoms with Gasteiger partial charge in [0.25, 0.3) is 0 Å². The van der Waals surface area contributed by atoms with Crippen LogP contribution >= 0.6 is 0 Å². The topological polar surface area (TPSA) is 46.6 Å². The molecule has 0 aromatic carbocycles. The highest BCUT2D eigenvalue weighted by Crippen LogP contribution is 2.29. The van der Waals surface area contributed by atoms with Gasteiger partial charge in [-0.15, -0.1) is 0 Å². The molecule has 0 aromatic heterocycles. The second-order valence-electron chi connectivity index (χ2n) is 6.96. The fourth-order valence-corrected chi connectivity index (χ4v) is 3.43. The summed E-state index contributed by atoms with van der Waals surface area (Å²) in [6, 6.07) is -0.333. The normalized spacial score (nSPS) is 23.0. The summed E-state index contributed by atoms with van der Waals surface area (Å²) in [4.78, 5) is 26.2. The van der Waals surface area contributed by atoms with Crippen LogP contribution in [0.25, 0.3) is 0 Å². The Hall–Kier alpha value is -1.06. The third-order valence-corrected chi connectivity index (χ3v) is 4.65. The van der Waals surface area contributed by atoms with Gasteiger partial charge in [-0.3, -0.25) is 4.79 Å². The molecule has 0 N–H and O–H groups in total. The Morgan fingerprint density at radius 2 is 1.86 bits per heavy atom. The maximum absolute atomic E-state index is 12.4. The first-order chi connectivity index (χ1) is 10.1. The zero-order valence-electron chi connectivity index (χ0n) is 13.5. The molecule has 4 heteroatoms. The van der Waals surface area contributed by atoms with Crippen molar-refractivity contribution in [2.45, 2.75) is 71.3 Å². The van der Waals surface area contributed by atoms with Gasteiger partial charge < -0.3 is 9.64 Å². The molecule has 1 amide bonds. The molecule has 4 nitrogen and oxygen atoms in total. The van der Waals surface area contributed by atoms with E-state index in [1.807, 2.05) is 13.8 Å². The lowest BCUT2D eigenvalue weighted by molar-refractivity contribution is -0.154. The van der Waals surface area contributed by atoms with E-state index in [1.165, 1.54) is 25.7 Å². The molecule has 0 spiro atoms. The maximum atomic E-state index is 12.4. The van der Waals surface area contributed by atoms with E-state index in [0.717, 1.165) is 25.2 Å². The first-order valence-electron chi connectivity index (χ1n) is 8.54. The molecule has 21 heavy (non-hydrogen) atoms. The lowest BCUT2D eigenvalue weighted by atomic mass is 10.0. The molecular formula is C17H29NO3. The highest BCUT2D eigenvalue weighted by atomic mass is 16.5. The van der Waals surface area contributed by atoms with Crippen molar-refractivity contribution in [2.24, 2.45) is 11.8 Å². The number of hydrogen-bond donors (Lipinski definition) is 0. The third kappa shape index (κ3) is 4.72. The van der Waals surface area contributed by atoms with Crippen LogP contribution in [0.2, 0.25) is 0 Å². The molecule has 2 fully saturated rings. The number of amides is 1. The molecule has 0 radical (unpaired) electrons. The van der Waals surface area contributed by atoms with Gasteiger partial charge in [-0.25, -0.2) is 4.79 Å². The first kappa shape index (κ1) is 16.3. The average molecular weight is 295 g/mol. The van der Waals surface area contributed by atoms with Crippen LogP contribution in [0.3, 0.4) is 0 Å². The van der Waals surface area contributed by atoms with Gasteiger partial charge in [0.1, 0.15) is 6.04 Å². The number of carbonyl (C=O) groups excluding carboxylic acids is 2. The second-order valence-corrected chi connectivity index (χ2v) is 6.96. The maximum Gasteiger partial charge on any atom is 0.328 e. The third-order valence-electron chi connectivity index (χ3n) is 4.65. The molecule has 2 rings (SSSR count). The molecular weight excluding hydrogens is 266 g/mol. The van der Waals surface area contributed by atoms with Crippen LogP contribution < -0.4 is 0 Å². The van der Waals surface area contributed by atoms with Crippen molar-refractivity contribution in [3.63, 3.8) is 0 Å². The summed E-state index contributed by atoms with van der Waals surface area (Å²) in [5.74, 6) is 0.992. The number of esters is 1. The predicted molar refractivity (Wildman–Crippen MR) is 81.7 cm³/mol. The van der Waals surface area contributed by atoms with Crippen molar-refractivity contribution in [2.75, 3.05) is 13.2 Å². The number of hydrogen-bond acceptors (Lipinski definition) is 3. The van der Waals surface area contributed by atoms with Crippen molar-refractivity contribution in [3.05, 3.63) is 0 Å². The zero-order valence-corrected chi connectivity index (χ0v) is 13.5. The molecule has 120 valence electrons. The van der Waals surface area contributed by atoms with Crippen LogP contribution in [-0.4, -0.2) is 36.0 Å². The monoisotopic (exact) mass is 295 g/mol. The molecule has 1 saturated heterocycles. The Morgan fingerprint density at radius 3 is 2.52 bits per heavy atom. The summed E-state index contributed by atoms with van der Waals surface area (Å²) in [5, 5.41) is 0. The molecule has 0 aromatic rings. The number of likely N-dealkylation sites (tertiary alicyclic amines) is 1. The van der Waals surface area contributed by atoms with Crippen LogP contribution in [0, 0.1) is 11.8 Å². The lowest BCUT2D eigenvalue weighted by Gasteiger charge is -2.24. The van der Waals surface area contributed by atoms with E-state index in [9.17, 15) is 9.59 Å². The number of ether oxygens (including phenoxy) is 1. The molecule has 2 aliphatic rings. The molecule has 1 unspecified atom stereocenters. The Labute approximate surface area is 128 Å². The van der Waals surface area contributed by atoms with Crippen LogP contribution in [-0.2, 0) is 14.3 Å². The molecule has 1 saturated carbocycles. The van der Waals surface area contributed by atoms with Gasteiger partial charge in [-0.05, 0) is 31.1 Å². The Balaban J connectivity index is 1.79. The fraction of sp³-hybridized carbons (Fsp3) is 0.882. The zero-order chi connectivity index (χ0) is 15.2. The Bertz CT molecular complexity index is 361. The molecule has 1 aliphatic heterocycles. The van der Waals surface area contributed by atoms with Gasteiger partial charge in [0.2, 0.25) is 5.91 Å². The second kappa shape index (κ2) is 7.81. The van der Waals surface area contributed by atoms with Crippen LogP contribution in [0.4, 0.5) is 0 Å². The van der Waals surface area contributed by atoms with E-state index >= 15 is 0 Å². The van der Waals surface area contributed by atoms with Crippen LogP contribution in [0.5, 0.6) is 0 Å². The average Bonchev–Trinajstić information content (AvgIpc) is 3.12. The van der Waals surface area contributed by atoms with Gasteiger partial charge in [0.15, 0.2) is 0 Å². The van der Waals surface area contributed by atoms with Gasteiger partial charge in [-0.1, -0.05) is 39.5 Å². The van der Waals surface area contributed by atoms with E-state index in [4.69, 9.17) is 4.74 Å². The molecule has 1 heterocycles. The van der Waals surface area contributed by atoms with Gasteiger partial charge in [0, 0.05) is 13.0 Å². The predicted octanol–water partition coefficient (Wildman–Crippen LogP) is 3.15. The van der Waals surface area contributed by atoms with Crippen molar-refractivity contribution < 1.29 is 14.3 Å². The highest BCUT2D eigenvalue weighted by molar-refractivity contribution is 5.85. The van der Waals surface area contributed by atoms with Crippen molar-refractivity contribution in [1.29, 1.82) is 0 Å². The largest absolute Gasteiger partial charge is 0.464 e. The summed E-state index contributed by atoms with van der Waals surface area (Å²) in [6.45, 7) is 5.20. The van der Waals surface area contributed by atoms with Gasteiger partial charge in [0.05, 0.1) is 6.61 Å². The number of nitrogens with zero attached hydrogens (tertiary/aromatic N) is 1. The standard InChI is InChI=1S/C17H29NO3/c1-13(2)12-21-17(20)15-8-5-11-18(15)16(19)10-9-14-6-3-4-7-14/h13-15H,3-12H2,1-2H3. The number of rotatable bonds is 6. The lowest BCUT2D eigenvalue weighted by Crippen LogP contribution is -2.41. The van der Waals surface area contributed by atoms with Crippen molar-refractivity contribution >= 4 is 11.9 Å². The summed E-state index contributed by atoms with van der Waals surface area (Å²) in [5.41, 5.74) is 0. The van der Waals surface area contributed by atoms with Crippen molar-refractivity contribution in [3.8, 4) is 0 Å². The van der Waals surface area contributed by atoms with E-state index in [0.29, 0.717) is 25.5 Å². The summed E-state index contributed by atoms with van der Waals surface area (Å²) >= 11 is 0. The summed E-state index contributed by atoms with van der Waals surface area (Å²) in [7, 11) is 0. The minimum atomic E-state index is -0.333. The van der Waals surface area contributed by atoms with E-state index in [-0.39, 0.29) is 17.9 Å². The molecule has 0 bridgehead atoms. The fourth-order valence-electron chi connectivity index (χ4n) is 3.43. The van der Waals surface area contributed by atoms with E-state index in [1.54, 1.807) is 4.90 Å². The molecule has 1 aliphatic carbocycles. The Kier molecular flexibility index (Phi) is 6.07. The highest BCUT2D eigenvalue weighted by Gasteiger charge is 2.35. The van der Waals surface area contributed by atoms with Crippen molar-refractivity contribution in [1.82, 2.24) is 4.90 Å². The summed E-state index contributed by atoms with van der Waals surface area (Å²) in [6.07, 6.45) is 8.42. The minimum absolute atomic E-state index is 0.144. The van der Waals surface area contributed by atoms with Crippen LogP contribution in [0.1, 0.15) is 65.2 Å². The smallest absolute Gasteiger partial charge is 0.328 e. The minimum Gasteiger partial charge on any atom is -0.464 e. The Morgan fingerprint density at radius 1 is 1.14 bits per heavy atom. The van der Waals surface area contributed by atoms with Gasteiger partial charge >= 0.3 is 5.97 Å². The molecule has 1 atom stereocenters. The summed E-state index contributed by atoms with van der Waals surface area (Å²) < 4.78 is 5.31. The first-order valence-corrected chi connectivity index (χ1v) is 8.54. The SMILES string of the molecule is CC(C)COC(=O)C1CCCN1C(=O)CCC1CCCC1. The quantitative estimate of drug-likeness (QED) is 0.707.